The molecule has 0 unspecified atom stereocenters. The summed E-state index contributed by atoms with van der Waals surface area (Å²) in [6.07, 6.45) is 1.26. The molecule has 1 aromatic carbocycles. The van der Waals surface area contributed by atoms with Crippen LogP contribution in [0.3, 0.4) is 0 Å². The molecule has 0 aliphatic carbocycles. The molecule has 11 nitrogen and oxygen atoms in total. The van der Waals surface area contributed by atoms with Crippen molar-refractivity contribution < 1.29 is 32.3 Å². The van der Waals surface area contributed by atoms with Crippen LogP contribution in [0.2, 0.25) is 0 Å². The standard InChI is InChI=1S/C18H24N4O7S/c1-5-6-9-21-16(24)17(25)22(18(21)26)11-15(23)19-13-10-12(7-8-14(13)29-4)30(27,28)20(2)3/h7-8,10H,5-6,9,11H2,1-4H3,(H,19,23). The molecule has 12 heteroatoms. The lowest BCUT2D eigenvalue weighted by Gasteiger charge is -2.17. The first kappa shape index (κ1) is 23.3. The smallest absolute Gasteiger partial charge is 0.334 e. The third-order valence-corrected chi connectivity index (χ3v) is 6.21. The van der Waals surface area contributed by atoms with E-state index < -0.39 is 40.3 Å². The van der Waals surface area contributed by atoms with Gasteiger partial charge in [0.15, 0.2) is 0 Å². The van der Waals surface area contributed by atoms with Crippen LogP contribution >= 0.6 is 0 Å². The van der Waals surface area contributed by atoms with E-state index in [1.54, 1.807) is 0 Å². The number of rotatable bonds is 9. The third kappa shape index (κ3) is 4.60. The first-order valence-electron chi connectivity index (χ1n) is 9.12. The molecule has 0 bridgehead atoms. The molecular weight excluding hydrogens is 416 g/mol. The maximum absolute atomic E-state index is 12.4. The minimum absolute atomic E-state index is 0.0404. The van der Waals surface area contributed by atoms with Crippen LogP contribution in [0.15, 0.2) is 23.1 Å². The van der Waals surface area contributed by atoms with Crippen LogP contribution in [-0.2, 0) is 24.4 Å². The summed E-state index contributed by atoms with van der Waals surface area (Å²) in [4.78, 5) is 50.1. The molecule has 0 radical (unpaired) electrons. The molecule has 0 saturated carbocycles. The van der Waals surface area contributed by atoms with E-state index in [0.717, 1.165) is 15.6 Å². The summed E-state index contributed by atoms with van der Waals surface area (Å²) in [5.74, 6) is -2.67. The monoisotopic (exact) mass is 440 g/mol. The van der Waals surface area contributed by atoms with Crippen LogP contribution in [0.25, 0.3) is 0 Å². The average Bonchev–Trinajstić information content (AvgIpc) is 2.89. The quantitative estimate of drug-likeness (QED) is 0.436. The minimum Gasteiger partial charge on any atom is -0.495 e. The lowest BCUT2D eigenvalue weighted by atomic mass is 10.3. The minimum atomic E-state index is -3.77. The number of imide groups is 2. The van der Waals surface area contributed by atoms with Crippen molar-refractivity contribution in [2.75, 3.05) is 39.6 Å². The number of hydrogen-bond donors (Lipinski definition) is 1. The van der Waals surface area contributed by atoms with Crippen molar-refractivity contribution in [3.63, 3.8) is 0 Å². The second kappa shape index (κ2) is 9.22. The molecule has 0 atom stereocenters. The maximum atomic E-state index is 12.4. The van der Waals surface area contributed by atoms with E-state index in [2.05, 4.69) is 5.32 Å². The molecule has 1 heterocycles. The van der Waals surface area contributed by atoms with Gasteiger partial charge in [0, 0.05) is 20.6 Å². The Morgan fingerprint density at radius 1 is 1.13 bits per heavy atom. The van der Waals surface area contributed by atoms with Gasteiger partial charge in [-0.05, 0) is 24.6 Å². The van der Waals surface area contributed by atoms with E-state index in [1.807, 2.05) is 6.92 Å². The van der Waals surface area contributed by atoms with Gasteiger partial charge < -0.3 is 10.1 Å². The zero-order valence-corrected chi connectivity index (χ0v) is 18.0. The van der Waals surface area contributed by atoms with Gasteiger partial charge in [0.2, 0.25) is 15.9 Å². The number of hydrogen-bond acceptors (Lipinski definition) is 7. The summed E-state index contributed by atoms with van der Waals surface area (Å²) in [5, 5.41) is 2.43. The van der Waals surface area contributed by atoms with Gasteiger partial charge in [0.05, 0.1) is 17.7 Å². The zero-order chi connectivity index (χ0) is 22.6. The van der Waals surface area contributed by atoms with Gasteiger partial charge in [-0.2, -0.15) is 0 Å². The first-order valence-corrected chi connectivity index (χ1v) is 10.6. The Morgan fingerprint density at radius 2 is 1.77 bits per heavy atom. The third-order valence-electron chi connectivity index (χ3n) is 4.40. The predicted molar refractivity (Wildman–Crippen MR) is 106 cm³/mol. The molecule has 2 rings (SSSR count). The van der Waals surface area contributed by atoms with Gasteiger partial charge in [0.1, 0.15) is 12.3 Å². The SMILES string of the molecule is CCCCN1C(=O)C(=O)N(CC(=O)Nc2cc(S(=O)(=O)N(C)C)ccc2OC)C1=O. The van der Waals surface area contributed by atoms with Gasteiger partial charge in [-0.3, -0.25) is 19.3 Å². The fourth-order valence-electron chi connectivity index (χ4n) is 2.69. The fourth-order valence-corrected chi connectivity index (χ4v) is 3.62. The van der Waals surface area contributed by atoms with Gasteiger partial charge >= 0.3 is 17.8 Å². The van der Waals surface area contributed by atoms with Crippen LogP contribution in [0.1, 0.15) is 19.8 Å². The van der Waals surface area contributed by atoms with Crippen molar-refractivity contribution in [3.8, 4) is 5.75 Å². The normalized spacial score (nSPS) is 14.6. The van der Waals surface area contributed by atoms with E-state index in [4.69, 9.17) is 4.74 Å². The lowest BCUT2D eigenvalue weighted by Crippen LogP contribution is -2.39. The number of carbonyl (C=O) groups is 4. The van der Waals surface area contributed by atoms with Crippen LogP contribution in [0.5, 0.6) is 5.75 Å². The molecule has 164 valence electrons. The molecule has 5 amide bonds. The summed E-state index contributed by atoms with van der Waals surface area (Å²) in [6.45, 7) is 1.27. The van der Waals surface area contributed by atoms with Gasteiger partial charge in [-0.25, -0.2) is 22.4 Å². The summed E-state index contributed by atoms with van der Waals surface area (Å²) < 4.78 is 30.8. The fraction of sp³-hybridized carbons (Fsp3) is 0.444. The van der Waals surface area contributed by atoms with Gasteiger partial charge in [-0.1, -0.05) is 13.3 Å². The Hall–Kier alpha value is -2.99. The number of sulfonamides is 1. The van der Waals surface area contributed by atoms with Crippen molar-refractivity contribution in [2.24, 2.45) is 0 Å². The molecule has 1 saturated heterocycles. The molecular formula is C18H24N4O7S. The van der Waals surface area contributed by atoms with Gasteiger partial charge in [-0.15, -0.1) is 0 Å². The Morgan fingerprint density at radius 3 is 2.33 bits per heavy atom. The first-order chi connectivity index (χ1) is 14.0. The number of unbranched alkanes of at least 4 members (excludes halogenated alkanes) is 1. The number of nitrogens with one attached hydrogen (secondary N) is 1. The van der Waals surface area contributed by atoms with Crippen LogP contribution in [0, 0.1) is 0 Å². The van der Waals surface area contributed by atoms with Crippen molar-refractivity contribution in [2.45, 2.75) is 24.7 Å². The molecule has 0 aromatic heterocycles. The number of methoxy groups -OCH3 is 1. The number of anilines is 1. The highest BCUT2D eigenvalue weighted by molar-refractivity contribution is 7.89. The average molecular weight is 440 g/mol. The molecule has 1 N–H and O–H groups in total. The van der Waals surface area contributed by atoms with Crippen molar-refractivity contribution in [1.82, 2.24) is 14.1 Å². The van der Waals surface area contributed by atoms with E-state index in [0.29, 0.717) is 11.3 Å². The molecule has 1 aliphatic heterocycles. The topological polar surface area (TPSA) is 133 Å². The number of urea groups is 1. The van der Waals surface area contributed by atoms with Crippen molar-refractivity contribution in [1.29, 1.82) is 0 Å². The molecule has 1 aliphatic rings. The van der Waals surface area contributed by atoms with Crippen LogP contribution in [-0.4, -0.2) is 80.6 Å². The Bertz CT molecular complexity index is 975. The second-order valence-electron chi connectivity index (χ2n) is 6.68. The number of nitrogens with zero attached hydrogens (tertiary/aromatic N) is 3. The largest absolute Gasteiger partial charge is 0.495 e. The highest BCUT2D eigenvalue weighted by Crippen LogP contribution is 2.28. The second-order valence-corrected chi connectivity index (χ2v) is 8.83. The highest BCUT2D eigenvalue weighted by atomic mass is 32.2. The lowest BCUT2D eigenvalue weighted by molar-refractivity contribution is -0.143. The van der Waals surface area contributed by atoms with E-state index in [1.165, 1.54) is 39.4 Å². The molecule has 1 fully saturated rings. The molecule has 1 aromatic rings. The Balaban J connectivity index is 2.21. The Kier molecular flexibility index (Phi) is 7.16. The maximum Gasteiger partial charge on any atom is 0.334 e. The highest BCUT2D eigenvalue weighted by Gasteiger charge is 2.44. The number of benzene rings is 1. The van der Waals surface area contributed by atoms with Gasteiger partial charge in [0.25, 0.3) is 0 Å². The number of amides is 5. The summed E-state index contributed by atoms with van der Waals surface area (Å²) in [5.41, 5.74) is 0.0404. The van der Waals surface area contributed by atoms with E-state index >= 15 is 0 Å². The van der Waals surface area contributed by atoms with Crippen molar-refractivity contribution >= 4 is 39.5 Å². The summed E-state index contributed by atoms with van der Waals surface area (Å²) >= 11 is 0. The van der Waals surface area contributed by atoms with Crippen LogP contribution in [0.4, 0.5) is 10.5 Å². The summed E-state index contributed by atoms with van der Waals surface area (Å²) in [6, 6.07) is 3.04. The zero-order valence-electron chi connectivity index (χ0n) is 17.2. The Labute approximate surface area is 174 Å². The number of ether oxygens (including phenoxy) is 1. The van der Waals surface area contributed by atoms with Crippen molar-refractivity contribution in [3.05, 3.63) is 18.2 Å². The number of carbonyl (C=O) groups excluding carboxylic acids is 4. The van der Waals surface area contributed by atoms with Crippen LogP contribution < -0.4 is 10.1 Å². The van der Waals surface area contributed by atoms with E-state index in [-0.39, 0.29) is 22.9 Å². The molecule has 0 spiro atoms. The molecule has 30 heavy (non-hydrogen) atoms. The predicted octanol–water partition coefficient (Wildman–Crippen LogP) is 0.475. The summed E-state index contributed by atoms with van der Waals surface area (Å²) in [7, 11) is 0.299. The van der Waals surface area contributed by atoms with E-state index in [9.17, 15) is 27.6 Å².